The number of rotatable bonds is 3. The lowest BCUT2D eigenvalue weighted by Gasteiger charge is -2.34. The van der Waals surface area contributed by atoms with Gasteiger partial charge >= 0.3 is 0 Å². The molecule has 1 atom stereocenters. The summed E-state index contributed by atoms with van der Waals surface area (Å²) in [7, 11) is -3.50. The average molecular weight is 296 g/mol. The molecule has 2 rings (SSSR count). The number of hydrogen-bond acceptors (Lipinski definition) is 3. The lowest BCUT2D eigenvalue weighted by atomic mass is 10.0. The number of sulfonamides is 1. The van der Waals surface area contributed by atoms with Crippen LogP contribution in [0.25, 0.3) is 0 Å². The first-order valence-corrected chi connectivity index (χ1v) is 8.71. The molecular formula is C15H24N2O2S. The van der Waals surface area contributed by atoms with Gasteiger partial charge in [-0.1, -0.05) is 19.4 Å². The highest BCUT2D eigenvalue weighted by molar-refractivity contribution is 7.89. The van der Waals surface area contributed by atoms with E-state index in [9.17, 15) is 8.42 Å². The van der Waals surface area contributed by atoms with Crippen LogP contribution in [0.2, 0.25) is 0 Å². The SMILES string of the molecule is CCC1CCCCN1S(=O)(=O)c1c(N)ccc(C)c1C. The number of benzene rings is 1. The van der Waals surface area contributed by atoms with Gasteiger partial charge in [-0.3, -0.25) is 0 Å². The third-order valence-corrected chi connectivity index (χ3v) is 6.47. The first-order valence-electron chi connectivity index (χ1n) is 7.27. The van der Waals surface area contributed by atoms with E-state index in [1.807, 2.05) is 26.8 Å². The fraction of sp³-hybridized carbons (Fsp3) is 0.600. The third kappa shape index (κ3) is 2.56. The van der Waals surface area contributed by atoms with Crippen LogP contribution in [-0.2, 0) is 10.0 Å². The zero-order valence-electron chi connectivity index (χ0n) is 12.5. The van der Waals surface area contributed by atoms with Crippen molar-refractivity contribution in [2.24, 2.45) is 0 Å². The zero-order chi connectivity index (χ0) is 14.9. The molecule has 1 aromatic carbocycles. The Bertz CT molecular complexity index is 596. The number of anilines is 1. The molecule has 0 amide bonds. The van der Waals surface area contributed by atoms with Gasteiger partial charge in [-0.15, -0.1) is 0 Å². The largest absolute Gasteiger partial charge is 0.398 e. The number of aryl methyl sites for hydroxylation is 1. The van der Waals surface area contributed by atoms with E-state index in [-0.39, 0.29) is 6.04 Å². The third-order valence-electron chi connectivity index (χ3n) is 4.32. The minimum absolute atomic E-state index is 0.105. The highest BCUT2D eigenvalue weighted by Crippen LogP contribution is 2.32. The van der Waals surface area contributed by atoms with Crippen molar-refractivity contribution < 1.29 is 8.42 Å². The van der Waals surface area contributed by atoms with Crippen LogP contribution < -0.4 is 5.73 Å². The van der Waals surface area contributed by atoms with E-state index in [1.165, 1.54) is 0 Å². The molecule has 1 heterocycles. The lowest BCUT2D eigenvalue weighted by Crippen LogP contribution is -2.43. The Hall–Kier alpha value is -1.07. The Labute approximate surface area is 122 Å². The molecule has 0 aliphatic carbocycles. The maximum atomic E-state index is 13.0. The predicted molar refractivity (Wildman–Crippen MR) is 82.2 cm³/mol. The summed E-state index contributed by atoms with van der Waals surface area (Å²) >= 11 is 0. The van der Waals surface area contributed by atoms with Crippen LogP contribution >= 0.6 is 0 Å². The van der Waals surface area contributed by atoms with Gasteiger partial charge in [-0.05, 0) is 50.3 Å². The summed E-state index contributed by atoms with van der Waals surface area (Å²) in [6.07, 6.45) is 3.83. The van der Waals surface area contributed by atoms with Crippen LogP contribution in [0.15, 0.2) is 17.0 Å². The first-order chi connectivity index (χ1) is 9.39. The van der Waals surface area contributed by atoms with Gasteiger partial charge in [-0.2, -0.15) is 4.31 Å². The standard InChI is InChI=1S/C15H24N2O2S/c1-4-13-7-5-6-10-17(13)20(18,19)15-12(3)11(2)8-9-14(15)16/h8-9,13H,4-7,10,16H2,1-3H3. The number of nitrogens with zero attached hydrogens (tertiary/aromatic N) is 1. The second kappa shape index (κ2) is 5.74. The maximum absolute atomic E-state index is 13.0. The van der Waals surface area contributed by atoms with Gasteiger partial charge in [0, 0.05) is 12.6 Å². The molecule has 112 valence electrons. The maximum Gasteiger partial charge on any atom is 0.245 e. The normalized spacial score (nSPS) is 21.1. The van der Waals surface area contributed by atoms with E-state index >= 15 is 0 Å². The van der Waals surface area contributed by atoms with Crippen molar-refractivity contribution in [3.05, 3.63) is 23.3 Å². The molecule has 5 heteroatoms. The number of nitrogens with two attached hydrogens (primary N) is 1. The summed E-state index contributed by atoms with van der Waals surface area (Å²) in [5, 5.41) is 0. The number of piperidine rings is 1. The molecule has 1 unspecified atom stereocenters. The average Bonchev–Trinajstić information content (AvgIpc) is 2.43. The molecule has 4 nitrogen and oxygen atoms in total. The smallest absolute Gasteiger partial charge is 0.245 e. The van der Waals surface area contributed by atoms with Crippen molar-refractivity contribution in [3.8, 4) is 0 Å². The Balaban J connectivity index is 2.52. The summed E-state index contributed by atoms with van der Waals surface area (Å²) in [5.41, 5.74) is 8.05. The number of hydrogen-bond donors (Lipinski definition) is 1. The van der Waals surface area contributed by atoms with Gasteiger partial charge in [-0.25, -0.2) is 8.42 Å². The van der Waals surface area contributed by atoms with Crippen LogP contribution in [-0.4, -0.2) is 25.3 Å². The molecule has 0 saturated carbocycles. The van der Waals surface area contributed by atoms with Crippen molar-refractivity contribution >= 4 is 15.7 Å². The molecule has 0 spiro atoms. The molecule has 20 heavy (non-hydrogen) atoms. The summed E-state index contributed by atoms with van der Waals surface area (Å²) in [6, 6.07) is 3.67. The van der Waals surface area contributed by atoms with Crippen molar-refractivity contribution in [2.75, 3.05) is 12.3 Å². The molecular weight excluding hydrogens is 272 g/mol. The highest BCUT2D eigenvalue weighted by atomic mass is 32.2. The van der Waals surface area contributed by atoms with Crippen LogP contribution in [0.4, 0.5) is 5.69 Å². The van der Waals surface area contributed by atoms with Gasteiger partial charge in [0.25, 0.3) is 0 Å². The monoisotopic (exact) mass is 296 g/mol. The fourth-order valence-electron chi connectivity index (χ4n) is 2.97. The second-order valence-corrected chi connectivity index (χ2v) is 7.43. The Morgan fingerprint density at radius 3 is 2.65 bits per heavy atom. The van der Waals surface area contributed by atoms with Crippen LogP contribution in [0.3, 0.4) is 0 Å². The minimum Gasteiger partial charge on any atom is -0.398 e. The summed E-state index contributed by atoms with van der Waals surface area (Å²) in [4.78, 5) is 0.304. The van der Waals surface area contributed by atoms with E-state index in [4.69, 9.17) is 5.73 Å². The Morgan fingerprint density at radius 1 is 1.30 bits per heavy atom. The molecule has 0 radical (unpaired) electrons. The van der Waals surface area contributed by atoms with E-state index < -0.39 is 10.0 Å². The molecule has 1 saturated heterocycles. The first kappa shape index (κ1) is 15.3. The minimum atomic E-state index is -3.50. The summed E-state index contributed by atoms with van der Waals surface area (Å²) < 4.78 is 27.7. The summed E-state index contributed by atoms with van der Waals surface area (Å²) in [5.74, 6) is 0. The highest BCUT2D eigenvalue weighted by Gasteiger charge is 2.34. The van der Waals surface area contributed by atoms with Gasteiger partial charge in [0.05, 0.1) is 5.69 Å². The topological polar surface area (TPSA) is 63.4 Å². The fourth-order valence-corrected chi connectivity index (χ4v) is 5.13. The van der Waals surface area contributed by atoms with Gasteiger partial charge in [0.2, 0.25) is 10.0 Å². The van der Waals surface area contributed by atoms with Crippen molar-refractivity contribution in [2.45, 2.75) is 57.4 Å². The van der Waals surface area contributed by atoms with Crippen molar-refractivity contribution in [3.63, 3.8) is 0 Å². The molecule has 2 N–H and O–H groups in total. The van der Waals surface area contributed by atoms with Gasteiger partial charge in [0.15, 0.2) is 0 Å². The van der Waals surface area contributed by atoms with E-state index in [1.54, 1.807) is 10.4 Å². The van der Waals surface area contributed by atoms with E-state index in [0.29, 0.717) is 17.1 Å². The molecule has 1 aliphatic heterocycles. The molecule has 1 fully saturated rings. The van der Waals surface area contributed by atoms with Gasteiger partial charge in [0.1, 0.15) is 4.90 Å². The second-order valence-electron chi connectivity index (χ2n) is 5.60. The predicted octanol–water partition coefficient (Wildman–Crippen LogP) is 2.84. The van der Waals surface area contributed by atoms with Crippen LogP contribution in [0.5, 0.6) is 0 Å². The number of nitrogen functional groups attached to an aromatic ring is 1. The Morgan fingerprint density at radius 2 is 2.00 bits per heavy atom. The van der Waals surface area contributed by atoms with Crippen molar-refractivity contribution in [1.82, 2.24) is 4.31 Å². The molecule has 1 aliphatic rings. The Kier molecular flexibility index (Phi) is 4.39. The van der Waals surface area contributed by atoms with Crippen LogP contribution in [0, 0.1) is 13.8 Å². The molecule has 1 aromatic rings. The lowest BCUT2D eigenvalue weighted by molar-refractivity contribution is 0.246. The summed E-state index contributed by atoms with van der Waals surface area (Å²) in [6.45, 7) is 6.41. The van der Waals surface area contributed by atoms with E-state index in [2.05, 4.69) is 0 Å². The van der Waals surface area contributed by atoms with Gasteiger partial charge < -0.3 is 5.73 Å². The van der Waals surface area contributed by atoms with Crippen LogP contribution in [0.1, 0.15) is 43.7 Å². The quantitative estimate of drug-likeness (QED) is 0.872. The van der Waals surface area contributed by atoms with E-state index in [0.717, 1.165) is 36.8 Å². The molecule has 0 aromatic heterocycles. The van der Waals surface area contributed by atoms with Crippen molar-refractivity contribution in [1.29, 1.82) is 0 Å². The zero-order valence-corrected chi connectivity index (χ0v) is 13.3. The molecule has 0 bridgehead atoms.